The van der Waals surface area contributed by atoms with Crippen LogP contribution in [0.25, 0.3) is 5.13 Å². The van der Waals surface area contributed by atoms with Crippen LogP contribution in [0.5, 0.6) is 0 Å². The molecule has 2 aromatic heterocycles. The summed E-state index contributed by atoms with van der Waals surface area (Å²) < 4.78 is 1.52. The molecule has 0 saturated carbocycles. The lowest BCUT2D eigenvalue weighted by molar-refractivity contribution is 0.844. The normalized spacial score (nSPS) is 10.9. The number of thiazole rings is 1. The largest absolute Gasteiger partial charge is 0.368 e. The zero-order valence-electron chi connectivity index (χ0n) is 8.51. The Balaban J connectivity index is 2.30. The van der Waals surface area contributed by atoms with E-state index in [1.807, 2.05) is 19.2 Å². The molecule has 0 atom stereocenters. The van der Waals surface area contributed by atoms with Crippen molar-refractivity contribution < 1.29 is 0 Å². The number of nitrogens with zero attached hydrogens (tertiary/aromatic N) is 4. The van der Waals surface area contributed by atoms with E-state index >= 15 is 0 Å². The van der Waals surface area contributed by atoms with Crippen molar-refractivity contribution >= 4 is 23.2 Å². The number of aromatic nitrogens is 4. The molecule has 0 unspecified atom stereocenters. The van der Waals surface area contributed by atoms with Crippen molar-refractivity contribution in [2.24, 2.45) is 0 Å². The first-order valence-corrected chi connectivity index (χ1v) is 5.43. The maximum absolute atomic E-state index is 5.72. The van der Waals surface area contributed by atoms with Crippen molar-refractivity contribution in [1.29, 1.82) is 0 Å². The van der Waals surface area contributed by atoms with Gasteiger partial charge in [-0.3, -0.25) is 0 Å². The number of rotatable bonds is 3. The van der Waals surface area contributed by atoms with Gasteiger partial charge in [0.2, 0.25) is 17.0 Å². The summed E-state index contributed by atoms with van der Waals surface area (Å²) in [7, 11) is 0. The SMILES string of the molecule is CC(C)Nc1nc(N)n(-c2nccs2)n1. The predicted molar refractivity (Wildman–Crippen MR) is 60.2 cm³/mol. The van der Waals surface area contributed by atoms with E-state index in [2.05, 4.69) is 20.4 Å². The molecule has 6 nitrogen and oxygen atoms in total. The molecule has 0 aliphatic carbocycles. The molecular weight excluding hydrogens is 212 g/mol. The lowest BCUT2D eigenvalue weighted by atomic mass is 10.4. The van der Waals surface area contributed by atoms with Gasteiger partial charge in [0.15, 0.2) is 0 Å². The van der Waals surface area contributed by atoms with Gasteiger partial charge < -0.3 is 11.1 Å². The van der Waals surface area contributed by atoms with Crippen LogP contribution in [0.15, 0.2) is 11.6 Å². The summed E-state index contributed by atoms with van der Waals surface area (Å²) in [5.74, 6) is 0.866. The monoisotopic (exact) mass is 224 g/mol. The maximum Gasteiger partial charge on any atom is 0.244 e. The van der Waals surface area contributed by atoms with Crippen LogP contribution in [0.2, 0.25) is 0 Å². The van der Waals surface area contributed by atoms with Crippen LogP contribution in [0.1, 0.15) is 13.8 Å². The standard InChI is InChI=1S/C8H12N6S/c1-5(2)11-7-12-6(9)14(13-7)8-10-3-4-15-8/h3-5H,1-2H3,(H3,9,11,12,13). The maximum atomic E-state index is 5.72. The van der Waals surface area contributed by atoms with E-state index in [1.165, 1.54) is 16.0 Å². The van der Waals surface area contributed by atoms with Gasteiger partial charge in [-0.2, -0.15) is 9.67 Å². The van der Waals surface area contributed by atoms with Gasteiger partial charge in [0, 0.05) is 17.6 Å². The molecule has 2 heterocycles. The Bertz CT molecular complexity index is 432. The van der Waals surface area contributed by atoms with Crippen LogP contribution in [-0.2, 0) is 0 Å². The summed E-state index contributed by atoms with van der Waals surface area (Å²) in [6.07, 6.45) is 1.71. The number of hydrogen-bond donors (Lipinski definition) is 2. The zero-order chi connectivity index (χ0) is 10.8. The lowest BCUT2D eigenvalue weighted by Gasteiger charge is -2.02. The number of hydrogen-bond acceptors (Lipinski definition) is 6. The summed E-state index contributed by atoms with van der Waals surface area (Å²) in [5, 5.41) is 9.88. The van der Waals surface area contributed by atoms with E-state index in [-0.39, 0.29) is 6.04 Å². The Kier molecular flexibility index (Phi) is 2.55. The molecule has 0 aliphatic rings. The van der Waals surface area contributed by atoms with Crippen molar-refractivity contribution in [2.45, 2.75) is 19.9 Å². The van der Waals surface area contributed by atoms with Crippen LogP contribution in [0, 0.1) is 0 Å². The highest BCUT2D eigenvalue weighted by Gasteiger charge is 2.10. The van der Waals surface area contributed by atoms with Crippen LogP contribution < -0.4 is 11.1 Å². The molecule has 0 aliphatic heterocycles. The molecule has 3 N–H and O–H groups in total. The van der Waals surface area contributed by atoms with Crippen LogP contribution >= 0.6 is 11.3 Å². The molecule has 2 rings (SSSR count). The van der Waals surface area contributed by atoms with E-state index in [4.69, 9.17) is 5.73 Å². The van der Waals surface area contributed by atoms with E-state index in [0.717, 1.165) is 5.13 Å². The predicted octanol–water partition coefficient (Wildman–Crippen LogP) is 1.13. The summed E-state index contributed by atoms with van der Waals surface area (Å²) in [6, 6.07) is 0.275. The summed E-state index contributed by atoms with van der Waals surface area (Å²) >= 11 is 1.46. The topological polar surface area (TPSA) is 81.6 Å². The van der Waals surface area contributed by atoms with Crippen molar-refractivity contribution in [3.8, 4) is 5.13 Å². The minimum atomic E-state index is 0.275. The van der Waals surface area contributed by atoms with Gasteiger partial charge in [0.25, 0.3) is 0 Å². The third kappa shape index (κ3) is 2.07. The second-order valence-electron chi connectivity index (χ2n) is 3.32. The number of nitrogens with two attached hydrogens (primary N) is 1. The van der Waals surface area contributed by atoms with E-state index in [9.17, 15) is 0 Å². The Labute approximate surface area is 91.2 Å². The third-order valence-corrected chi connectivity index (χ3v) is 2.40. The van der Waals surface area contributed by atoms with Crippen molar-refractivity contribution in [1.82, 2.24) is 19.7 Å². The Hall–Kier alpha value is -1.63. The molecule has 0 bridgehead atoms. The molecule has 15 heavy (non-hydrogen) atoms. The molecule has 0 saturated heterocycles. The third-order valence-electron chi connectivity index (χ3n) is 1.65. The van der Waals surface area contributed by atoms with E-state index in [0.29, 0.717) is 11.9 Å². The minimum absolute atomic E-state index is 0.275. The highest BCUT2D eigenvalue weighted by atomic mass is 32.1. The van der Waals surface area contributed by atoms with Crippen molar-refractivity contribution in [3.63, 3.8) is 0 Å². The van der Waals surface area contributed by atoms with Crippen molar-refractivity contribution in [3.05, 3.63) is 11.6 Å². The smallest absolute Gasteiger partial charge is 0.244 e. The van der Waals surface area contributed by atoms with Crippen molar-refractivity contribution in [2.75, 3.05) is 11.1 Å². The van der Waals surface area contributed by atoms with Gasteiger partial charge >= 0.3 is 0 Å². The highest BCUT2D eigenvalue weighted by Crippen LogP contribution is 2.15. The molecule has 0 amide bonds. The molecule has 0 aromatic carbocycles. The molecular formula is C8H12N6S. The first-order valence-electron chi connectivity index (χ1n) is 4.56. The fourth-order valence-corrected chi connectivity index (χ4v) is 1.70. The number of nitrogens with one attached hydrogen (secondary N) is 1. The average molecular weight is 224 g/mol. The van der Waals surface area contributed by atoms with Gasteiger partial charge in [-0.15, -0.1) is 16.4 Å². The number of nitrogen functional groups attached to an aromatic ring is 1. The quantitative estimate of drug-likeness (QED) is 0.816. The molecule has 80 valence electrons. The summed E-state index contributed by atoms with van der Waals surface area (Å²) in [5.41, 5.74) is 5.72. The molecule has 2 aromatic rings. The summed E-state index contributed by atoms with van der Waals surface area (Å²) in [6.45, 7) is 4.03. The fraction of sp³-hybridized carbons (Fsp3) is 0.375. The summed E-state index contributed by atoms with van der Waals surface area (Å²) in [4.78, 5) is 8.20. The molecule has 0 spiro atoms. The van der Waals surface area contributed by atoms with Crippen LogP contribution in [-0.4, -0.2) is 25.8 Å². The second-order valence-corrected chi connectivity index (χ2v) is 4.19. The fourth-order valence-electron chi connectivity index (χ4n) is 1.10. The first kappa shape index (κ1) is 9.91. The van der Waals surface area contributed by atoms with Gasteiger partial charge in [0.1, 0.15) is 0 Å². The first-order chi connectivity index (χ1) is 7.16. The number of anilines is 2. The Morgan fingerprint density at radius 2 is 2.33 bits per heavy atom. The second kappa shape index (κ2) is 3.85. The zero-order valence-corrected chi connectivity index (χ0v) is 9.32. The van der Waals surface area contributed by atoms with E-state index in [1.54, 1.807) is 6.20 Å². The Morgan fingerprint density at radius 3 is 2.93 bits per heavy atom. The molecule has 0 fully saturated rings. The Morgan fingerprint density at radius 1 is 1.53 bits per heavy atom. The highest BCUT2D eigenvalue weighted by molar-refractivity contribution is 7.12. The van der Waals surface area contributed by atoms with E-state index < -0.39 is 0 Å². The van der Waals surface area contributed by atoms with Gasteiger partial charge in [-0.25, -0.2) is 4.98 Å². The van der Waals surface area contributed by atoms with Gasteiger partial charge in [-0.1, -0.05) is 0 Å². The van der Waals surface area contributed by atoms with Crippen LogP contribution in [0.4, 0.5) is 11.9 Å². The lowest BCUT2D eigenvalue weighted by Crippen LogP contribution is -2.11. The van der Waals surface area contributed by atoms with Crippen LogP contribution in [0.3, 0.4) is 0 Å². The minimum Gasteiger partial charge on any atom is -0.368 e. The molecule has 0 radical (unpaired) electrons. The van der Waals surface area contributed by atoms with Gasteiger partial charge in [-0.05, 0) is 13.8 Å². The van der Waals surface area contributed by atoms with Gasteiger partial charge in [0.05, 0.1) is 0 Å². The average Bonchev–Trinajstić information content (AvgIpc) is 2.72. The molecule has 7 heteroatoms.